The molecule has 0 radical (unpaired) electrons. The first-order valence-electron chi connectivity index (χ1n) is 9.48. The van der Waals surface area contributed by atoms with E-state index in [9.17, 15) is 0 Å². The highest BCUT2D eigenvalue weighted by Crippen LogP contribution is 2.20. The fourth-order valence-corrected chi connectivity index (χ4v) is 3.14. The largest absolute Gasteiger partial charge is 0.369 e. The van der Waals surface area contributed by atoms with Gasteiger partial charge >= 0.3 is 0 Å². The van der Waals surface area contributed by atoms with Crippen molar-refractivity contribution in [1.82, 2.24) is 15.8 Å². The monoisotopic (exact) mass is 355 g/mol. The molecule has 1 aromatic carbocycles. The number of aliphatic imine (C=N–C) groups is 1. The number of hydrogen-bond donors (Lipinski definition) is 2. The lowest BCUT2D eigenvalue weighted by atomic mass is 10.2. The summed E-state index contributed by atoms with van der Waals surface area (Å²) in [5.41, 5.74) is 3.55. The summed E-state index contributed by atoms with van der Waals surface area (Å²) in [4.78, 5) is 7.07. The summed E-state index contributed by atoms with van der Waals surface area (Å²) < 4.78 is 5.32. The Labute approximate surface area is 155 Å². The lowest BCUT2D eigenvalue weighted by Gasteiger charge is -2.20. The van der Waals surface area contributed by atoms with Gasteiger partial charge in [-0.15, -0.1) is 0 Å². The average molecular weight is 355 g/mol. The first kappa shape index (κ1) is 18.3. The number of nitrogens with one attached hydrogen (secondary N) is 2. The molecule has 1 aliphatic heterocycles. The Balaban J connectivity index is 1.57. The van der Waals surface area contributed by atoms with Gasteiger partial charge in [0, 0.05) is 37.4 Å². The van der Waals surface area contributed by atoms with Crippen molar-refractivity contribution in [1.29, 1.82) is 0 Å². The highest BCUT2D eigenvalue weighted by Gasteiger charge is 2.23. The molecule has 1 atom stereocenters. The van der Waals surface area contributed by atoms with Crippen LogP contribution in [0.25, 0.3) is 0 Å². The van der Waals surface area contributed by atoms with Crippen LogP contribution in [0.3, 0.4) is 0 Å². The molecule has 0 amide bonds. The number of anilines is 1. The molecule has 0 bridgehead atoms. The van der Waals surface area contributed by atoms with Crippen LogP contribution < -0.4 is 15.5 Å². The Hall–Kier alpha value is -2.50. The Morgan fingerprint density at radius 3 is 2.81 bits per heavy atom. The molecule has 2 aromatic rings. The number of aryl methyl sites for hydroxylation is 2. The predicted molar refractivity (Wildman–Crippen MR) is 106 cm³/mol. The summed E-state index contributed by atoms with van der Waals surface area (Å²) in [5.74, 6) is 1.63. The molecule has 1 aromatic heterocycles. The van der Waals surface area contributed by atoms with Crippen molar-refractivity contribution in [2.24, 2.45) is 4.99 Å². The maximum absolute atomic E-state index is 5.32. The zero-order valence-electron chi connectivity index (χ0n) is 16.0. The molecule has 3 rings (SSSR count). The molecule has 1 aliphatic rings. The SMILES string of the molecule is CCNC(=NCc1cc(CC)no1)NC1CCN(c2ccc(C)cc2)C1. The van der Waals surface area contributed by atoms with E-state index in [0.717, 1.165) is 49.9 Å². The first-order chi connectivity index (χ1) is 12.7. The molecule has 1 unspecified atom stereocenters. The van der Waals surface area contributed by atoms with Gasteiger partial charge in [-0.05, 0) is 38.8 Å². The van der Waals surface area contributed by atoms with E-state index in [1.54, 1.807) is 0 Å². The molecule has 6 heteroatoms. The van der Waals surface area contributed by atoms with Crippen molar-refractivity contribution in [3.63, 3.8) is 0 Å². The van der Waals surface area contributed by atoms with E-state index in [1.807, 2.05) is 6.07 Å². The summed E-state index contributed by atoms with van der Waals surface area (Å²) >= 11 is 0. The predicted octanol–water partition coefficient (Wildman–Crippen LogP) is 2.88. The van der Waals surface area contributed by atoms with Crippen molar-refractivity contribution in [2.75, 3.05) is 24.5 Å². The second kappa shape index (κ2) is 8.74. The van der Waals surface area contributed by atoms with E-state index in [1.165, 1.54) is 11.3 Å². The van der Waals surface area contributed by atoms with Gasteiger partial charge in [0.2, 0.25) is 0 Å². The van der Waals surface area contributed by atoms with Gasteiger partial charge in [-0.2, -0.15) is 0 Å². The minimum Gasteiger partial charge on any atom is -0.369 e. The smallest absolute Gasteiger partial charge is 0.191 e. The van der Waals surface area contributed by atoms with E-state index in [-0.39, 0.29) is 0 Å². The molecule has 1 saturated heterocycles. The fourth-order valence-electron chi connectivity index (χ4n) is 3.14. The topological polar surface area (TPSA) is 65.7 Å². The Morgan fingerprint density at radius 2 is 2.12 bits per heavy atom. The summed E-state index contributed by atoms with van der Waals surface area (Å²) in [7, 11) is 0. The molecule has 26 heavy (non-hydrogen) atoms. The highest BCUT2D eigenvalue weighted by atomic mass is 16.5. The van der Waals surface area contributed by atoms with Gasteiger partial charge in [0.15, 0.2) is 11.7 Å². The summed E-state index contributed by atoms with van der Waals surface area (Å²) in [6.45, 7) is 9.63. The lowest BCUT2D eigenvalue weighted by molar-refractivity contribution is 0.379. The van der Waals surface area contributed by atoms with Crippen LogP contribution in [0.2, 0.25) is 0 Å². The molecule has 2 N–H and O–H groups in total. The maximum Gasteiger partial charge on any atom is 0.191 e. The Kier molecular flexibility index (Phi) is 6.15. The number of benzene rings is 1. The third-order valence-electron chi connectivity index (χ3n) is 4.64. The second-order valence-corrected chi connectivity index (χ2v) is 6.74. The highest BCUT2D eigenvalue weighted by molar-refractivity contribution is 5.80. The quantitative estimate of drug-likeness (QED) is 0.616. The molecule has 1 fully saturated rings. The van der Waals surface area contributed by atoms with E-state index < -0.39 is 0 Å². The molecule has 140 valence electrons. The third kappa shape index (κ3) is 4.77. The van der Waals surface area contributed by atoms with Crippen molar-refractivity contribution >= 4 is 11.6 Å². The van der Waals surface area contributed by atoms with E-state index in [4.69, 9.17) is 4.52 Å². The van der Waals surface area contributed by atoms with Crippen molar-refractivity contribution < 1.29 is 4.52 Å². The van der Waals surface area contributed by atoms with E-state index >= 15 is 0 Å². The normalized spacial score (nSPS) is 17.6. The van der Waals surface area contributed by atoms with Gasteiger partial charge in [-0.25, -0.2) is 4.99 Å². The van der Waals surface area contributed by atoms with E-state index in [0.29, 0.717) is 12.6 Å². The molecule has 2 heterocycles. The average Bonchev–Trinajstić information content (AvgIpc) is 3.30. The molecular formula is C20H29N5O. The fraction of sp³-hybridized carbons (Fsp3) is 0.500. The van der Waals surface area contributed by atoms with Crippen LogP contribution in [-0.4, -0.2) is 36.8 Å². The maximum atomic E-state index is 5.32. The zero-order valence-corrected chi connectivity index (χ0v) is 16.0. The molecule has 0 aliphatic carbocycles. The molecule has 6 nitrogen and oxygen atoms in total. The van der Waals surface area contributed by atoms with E-state index in [2.05, 4.69) is 70.7 Å². The van der Waals surface area contributed by atoms with Crippen molar-refractivity contribution in [3.05, 3.63) is 47.3 Å². The number of aromatic nitrogens is 1. The van der Waals surface area contributed by atoms with Gasteiger partial charge in [-0.1, -0.05) is 29.8 Å². The Morgan fingerprint density at radius 1 is 1.31 bits per heavy atom. The van der Waals surface area contributed by atoms with Crippen LogP contribution in [0.1, 0.15) is 37.3 Å². The third-order valence-corrected chi connectivity index (χ3v) is 4.64. The number of rotatable bonds is 6. The minimum absolute atomic E-state index is 0.384. The summed E-state index contributed by atoms with van der Waals surface area (Å²) in [6, 6.07) is 11.1. The summed E-state index contributed by atoms with van der Waals surface area (Å²) in [5, 5.41) is 10.9. The van der Waals surface area contributed by atoms with Crippen LogP contribution in [0.4, 0.5) is 5.69 Å². The zero-order chi connectivity index (χ0) is 18.4. The Bertz CT molecular complexity index is 722. The van der Waals surface area contributed by atoms with Gasteiger partial charge in [0.05, 0.1) is 5.69 Å². The standard InChI is InChI=1S/C20H29N5O/c1-4-16-12-19(26-24-16)13-22-20(21-5-2)23-17-10-11-25(14-17)18-8-6-15(3)7-9-18/h6-9,12,17H,4-5,10-11,13-14H2,1-3H3,(H2,21,22,23). The van der Waals surface area contributed by atoms with Crippen LogP contribution in [0.15, 0.2) is 39.8 Å². The van der Waals surface area contributed by atoms with Gasteiger partial charge in [0.1, 0.15) is 6.54 Å². The van der Waals surface area contributed by atoms with Gasteiger partial charge in [0.25, 0.3) is 0 Å². The minimum atomic E-state index is 0.384. The van der Waals surface area contributed by atoms with Crippen molar-refractivity contribution in [2.45, 2.75) is 46.2 Å². The van der Waals surface area contributed by atoms with Gasteiger partial charge < -0.3 is 20.1 Å². The van der Waals surface area contributed by atoms with Crippen LogP contribution in [0, 0.1) is 6.92 Å². The second-order valence-electron chi connectivity index (χ2n) is 6.74. The molecular weight excluding hydrogens is 326 g/mol. The van der Waals surface area contributed by atoms with Crippen LogP contribution in [-0.2, 0) is 13.0 Å². The molecule has 0 spiro atoms. The van der Waals surface area contributed by atoms with Crippen LogP contribution >= 0.6 is 0 Å². The van der Waals surface area contributed by atoms with Gasteiger partial charge in [-0.3, -0.25) is 0 Å². The number of nitrogens with zero attached hydrogens (tertiary/aromatic N) is 3. The lowest BCUT2D eigenvalue weighted by Crippen LogP contribution is -2.44. The summed E-state index contributed by atoms with van der Waals surface area (Å²) in [6.07, 6.45) is 1.98. The number of hydrogen-bond acceptors (Lipinski definition) is 4. The van der Waals surface area contributed by atoms with Crippen molar-refractivity contribution in [3.8, 4) is 0 Å². The first-order valence-corrected chi connectivity index (χ1v) is 9.48. The molecule has 0 saturated carbocycles. The number of guanidine groups is 1. The van der Waals surface area contributed by atoms with Crippen LogP contribution in [0.5, 0.6) is 0 Å².